The van der Waals surface area contributed by atoms with Gasteiger partial charge < -0.3 is 10.3 Å². The fourth-order valence-electron chi connectivity index (χ4n) is 1.53. The summed E-state index contributed by atoms with van der Waals surface area (Å²) in [6.07, 6.45) is 1.66. The van der Waals surface area contributed by atoms with Gasteiger partial charge in [-0.1, -0.05) is 0 Å². The van der Waals surface area contributed by atoms with Crippen molar-refractivity contribution >= 4 is 5.69 Å². The van der Waals surface area contributed by atoms with Crippen LogP contribution in [0.1, 0.15) is 17.1 Å². The number of benzene rings is 1. The van der Waals surface area contributed by atoms with Crippen molar-refractivity contribution in [1.29, 1.82) is 0 Å². The van der Waals surface area contributed by atoms with E-state index in [0.29, 0.717) is 12.1 Å². The van der Waals surface area contributed by atoms with Crippen LogP contribution in [-0.2, 0) is 6.54 Å². The Hall–Kier alpha value is -1.91. The number of imidazole rings is 1. The molecule has 1 aromatic heterocycles. The second-order valence-corrected chi connectivity index (χ2v) is 3.93. The fraction of sp³-hybridized carbons (Fsp3) is 0.250. The van der Waals surface area contributed by atoms with Crippen LogP contribution in [0, 0.1) is 25.5 Å². The zero-order valence-corrected chi connectivity index (χ0v) is 9.64. The van der Waals surface area contributed by atoms with Crippen LogP contribution < -0.4 is 5.32 Å². The molecule has 0 unspecified atom stereocenters. The third kappa shape index (κ3) is 2.61. The number of hydrogen-bond donors (Lipinski definition) is 2. The second kappa shape index (κ2) is 4.53. The van der Waals surface area contributed by atoms with Gasteiger partial charge in [-0.25, -0.2) is 13.8 Å². The van der Waals surface area contributed by atoms with Crippen molar-refractivity contribution in [2.45, 2.75) is 20.4 Å². The molecule has 5 heteroatoms. The molecule has 1 heterocycles. The normalized spacial score (nSPS) is 10.6. The Bertz CT molecular complexity index is 535. The number of H-pyrrole nitrogens is 1. The Balaban J connectivity index is 2.11. The van der Waals surface area contributed by atoms with Crippen molar-refractivity contribution in [3.8, 4) is 0 Å². The van der Waals surface area contributed by atoms with Gasteiger partial charge in [0.1, 0.15) is 17.5 Å². The number of nitrogens with zero attached hydrogens (tertiary/aromatic N) is 1. The number of aromatic amines is 1. The molecule has 0 fully saturated rings. The summed E-state index contributed by atoms with van der Waals surface area (Å²) in [4.78, 5) is 7.02. The summed E-state index contributed by atoms with van der Waals surface area (Å²) in [5.41, 5.74) is 1.27. The average Bonchev–Trinajstić information content (AvgIpc) is 2.68. The monoisotopic (exact) mass is 237 g/mol. The molecule has 0 saturated carbocycles. The summed E-state index contributed by atoms with van der Waals surface area (Å²) in [5, 5.41) is 2.82. The maximum absolute atomic E-state index is 13.5. The number of halogens is 2. The molecule has 0 spiro atoms. The van der Waals surface area contributed by atoms with Gasteiger partial charge in [-0.15, -0.1) is 0 Å². The van der Waals surface area contributed by atoms with Gasteiger partial charge >= 0.3 is 0 Å². The first-order valence-corrected chi connectivity index (χ1v) is 5.26. The number of nitrogens with one attached hydrogen (secondary N) is 2. The van der Waals surface area contributed by atoms with Crippen LogP contribution in [0.4, 0.5) is 14.5 Å². The summed E-state index contributed by atoms with van der Waals surface area (Å²) in [7, 11) is 0. The Kier molecular flexibility index (Phi) is 3.08. The topological polar surface area (TPSA) is 40.7 Å². The molecule has 3 nitrogen and oxygen atoms in total. The van der Waals surface area contributed by atoms with Crippen LogP contribution in [0.3, 0.4) is 0 Å². The molecule has 0 aliphatic rings. The highest BCUT2D eigenvalue weighted by Gasteiger charge is 2.07. The maximum Gasteiger partial charge on any atom is 0.146 e. The highest BCUT2D eigenvalue weighted by atomic mass is 19.1. The van der Waals surface area contributed by atoms with Gasteiger partial charge in [0.05, 0.1) is 24.1 Å². The molecule has 0 aliphatic heterocycles. The number of aromatic nitrogens is 2. The van der Waals surface area contributed by atoms with E-state index in [2.05, 4.69) is 15.3 Å². The number of aryl methyl sites for hydroxylation is 2. The molecule has 0 atom stereocenters. The average molecular weight is 237 g/mol. The quantitative estimate of drug-likeness (QED) is 0.861. The van der Waals surface area contributed by atoms with Gasteiger partial charge in [0, 0.05) is 6.07 Å². The third-order valence-corrected chi connectivity index (χ3v) is 2.47. The van der Waals surface area contributed by atoms with E-state index in [4.69, 9.17) is 0 Å². The van der Waals surface area contributed by atoms with E-state index >= 15 is 0 Å². The van der Waals surface area contributed by atoms with E-state index in [1.165, 1.54) is 13.0 Å². The largest absolute Gasteiger partial charge is 0.377 e. The van der Waals surface area contributed by atoms with Crippen LogP contribution in [0.5, 0.6) is 0 Å². The van der Waals surface area contributed by atoms with E-state index in [1.807, 2.05) is 6.92 Å². The van der Waals surface area contributed by atoms with Crippen LogP contribution in [0.25, 0.3) is 0 Å². The fourth-order valence-corrected chi connectivity index (χ4v) is 1.53. The summed E-state index contributed by atoms with van der Waals surface area (Å²) < 4.78 is 26.7. The Labute approximate surface area is 97.9 Å². The first kappa shape index (κ1) is 11.6. The minimum Gasteiger partial charge on any atom is -0.377 e. The summed E-state index contributed by atoms with van der Waals surface area (Å²) >= 11 is 0. The molecule has 0 saturated heterocycles. The van der Waals surface area contributed by atoms with Crippen molar-refractivity contribution in [3.05, 3.63) is 47.0 Å². The lowest BCUT2D eigenvalue weighted by atomic mass is 10.2. The molecular formula is C12H13F2N3. The smallest absolute Gasteiger partial charge is 0.146 e. The standard InChI is InChI=1S/C12H13F2N3/c1-7-3-11(14)12(4-10(7)13)16-6-9-5-15-8(2)17-9/h3-5,16H,6H2,1-2H3,(H,15,17). The van der Waals surface area contributed by atoms with Gasteiger partial charge in [-0.3, -0.25) is 0 Å². The van der Waals surface area contributed by atoms with Gasteiger partial charge in [-0.2, -0.15) is 0 Å². The van der Waals surface area contributed by atoms with E-state index in [0.717, 1.165) is 17.6 Å². The molecular weight excluding hydrogens is 224 g/mol. The van der Waals surface area contributed by atoms with Gasteiger partial charge in [-0.05, 0) is 25.5 Å². The highest BCUT2D eigenvalue weighted by molar-refractivity contribution is 5.47. The minimum atomic E-state index is -0.458. The molecule has 90 valence electrons. The molecule has 2 N–H and O–H groups in total. The molecule has 0 bridgehead atoms. The first-order chi connectivity index (χ1) is 8.06. The van der Waals surface area contributed by atoms with Gasteiger partial charge in [0.25, 0.3) is 0 Å². The van der Waals surface area contributed by atoms with Crippen LogP contribution in [0.2, 0.25) is 0 Å². The molecule has 0 amide bonds. The highest BCUT2D eigenvalue weighted by Crippen LogP contribution is 2.19. The zero-order valence-electron chi connectivity index (χ0n) is 9.64. The SMILES string of the molecule is Cc1ncc(CNc2cc(F)c(C)cc2F)[nH]1. The zero-order chi connectivity index (χ0) is 12.4. The Morgan fingerprint density at radius 1 is 1.24 bits per heavy atom. The lowest BCUT2D eigenvalue weighted by Gasteiger charge is -2.07. The van der Waals surface area contributed by atoms with Crippen LogP contribution in [0.15, 0.2) is 18.3 Å². The molecule has 0 aliphatic carbocycles. The predicted octanol–water partition coefficient (Wildman–Crippen LogP) is 2.92. The van der Waals surface area contributed by atoms with Crippen molar-refractivity contribution in [1.82, 2.24) is 9.97 Å². The second-order valence-electron chi connectivity index (χ2n) is 3.93. The van der Waals surface area contributed by atoms with Crippen molar-refractivity contribution < 1.29 is 8.78 Å². The van der Waals surface area contributed by atoms with Crippen LogP contribution in [-0.4, -0.2) is 9.97 Å². The molecule has 1 aromatic carbocycles. The van der Waals surface area contributed by atoms with Crippen molar-refractivity contribution in [2.75, 3.05) is 5.32 Å². The first-order valence-electron chi connectivity index (χ1n) is 5.26. The van der Waals surface area contributed by atoms with Crippen molar-refractivity contribution in [2.24, 2.45) is 0 Å². The third-order valence-electron chi connectivity index (χ3n) is 2.47. The number of hydrogen-bond acceptors (Lipinski definition) is 2. The van der Waals surface area contributed by atoms with Gasteiger partial charge in [0.15, 0.2) is 0 Å². The minimum absolute atomic E-state index is 0.153. The summed E-state index contributed by atoms with van der Waals surface area (Å²) in [6.45, 7) is 3.73. The maximum atomic E-state index is 13.5. The van der Waals surface area contributed by atoms with E-state index in [9.17, 15) is 8.78 Å². The lowest BCUT2D eigenvalue weighted by Crippen LogP contribution is -2.03. The predicted molar refractivity (Wildman–Crippen MR) is 61.7 cm³/mol. The molecule has 2 aromatic rings. The number of rotatable bonds is 3. The van der Waals surface area contributed by atoms with Crippen LogP contribution >= 0.6 is 0 Å². The van der Waals surface area contributed by atoms with E-state index < -0.39 is 11.6 Å². The van der Waals surface area contributed by atoms with E-state index in [1.54, 1.807) is 6.20 Å². The van der Waals surface area contributed by atoms with E-state index in [-0.39, 0.29) is 5.69 Å². The molecule has 17 heavy (non-hydrogen) atoms. The number of anilines is 1. The Morgan fingerprint density at radius 3 is 2.65 bits per heavy atom. The van der Waals surface area contributed by atoms with Gasteiger partial charge in [0.2, 0.25) is 0 Å². The lowest BCUT2D eigenvalue weighted by molar-refractivity contribution is 0.594. The molecule has 0 radical (unpaired) electrons. The Morgan fingerprint density at radius 2 is 2.00 bits per heavy atom. The summed E-state index contributed by atoms with van der Waals surface area (Å²) in [6, 6.07) is 2.34. The molecule has 2 rings (SSSR count). The van der Waals surface area contributed by atoms with Crippen molar-refractivity contribution in [3.63, 3.8) is 0 Å². The summed E-state index contributed by atoms with van der Waals surface area (Å²) in [5.74, 6) is -0.0906.